The molecule has 2 rings (SSSR count). The number of aryl methyl sites for hydroxylation is 1. The molecule has 4 N–H and O–H groups in total. The van der Waals surface area contributed by atoms with Crippen LogP contribution in [0.2, 0.25) is 5.02 Å². The van der Waals surface area contributed by atoms with Crippen LogP contribution in [0.5, 0.6) is 0 Å². The van der Waals surface area contributed by atoms with Crippen LogP contribution in [0.15, 0.2) is 17.5 Å². The Balaban J connectivity index is 2.07. The van der Waals surface area contributed by atoms with E-state index >= 15 is 0 Å². The van der Waals surface area contributed by atoms with Crippen LogP contribution in [0.1, 0.15) is 21.2 Å². The molecular formula is C11H12ClN5OS. The second-order valence-electron chi connectivity index (χ2n) is 3.74. The van der Waals surface area contributed by atoms with E-state index in [4.69, 9.17) is 17.4 Å². The lowest BCUT2D eigenvalue weighted by Gasteiger charge is -2.06. The van der Waals surface area contributed by atoms with Crippen LogP contribution in [-0.2, 0) is 6.54 Å². The summed E-state index contributed by atoms with van der Waals surface area (Å²) in [5.41, 5.74) is 3.43. The van der Waals surface area contributed by atoms with Gasteiger partial charge in [-0.1, -0.05) is 11.6 Å². The summed E-state index contributed by atoms with van der Waals surface area (Å²) in [5, 5.41) is 5.74. The summed E-state index contributed by atoms with van der Waals surface area (Å²) in [6.45, 7) is 2.24. The molecule has 2 aromatic rings. The van der Waals surface area contributed by atoms with Crippen molar-refractivity contribution >= 4 is 34.7 Å². The second kappa shape index (κ2) is 5.96. The van der Waals surface area contributed by atoms with E-state index in [0.717, 1.165) is 10.7 Å². The first-order valence-corrected chi connectivity index (χ1v) is 6.68. The summed E-state index contributed by atoms with van der Waals surface area (Å²) >= 11 is 7.42. The fourth-order valence-electron chi connectivity index (χ4n) is 1.41. The molecule has 1 amide bonds. The highest BCUT2D eigenvalue weighted by molar-refractivity contribution is 7.09. The number of hydrogen-bond acceptors (Lipinski definition) is 6. The van der Waals surface area contributed by atoms with Crippen LogP contribution in [0.25, 0.3) is 0 Å². The molecule has 0 atom stereocenters. The molecule has 0 spiro atoms. The number of hydrazine groups is 1. The van der Waals surface area contributed by atoms with E-state index in [2.05, 4.69) is 20.7 Å². The van der Waals surface area contributed by atoms with E-state index in [1.807, 2.05) is 12.3 Å². The van der Waals surface area contributed by atoms with E-state index in [9.17, 15) is 4.79 Å². The fourth-order valence-corrected chi connectivity index (χ4v) is 2.31. The van der Waals surface area contributed by atoms with Gasteiger partial charge in [0.25, 0.3) is 5.91 Å². The van der Waals surface area contributed by atoms with Gasteiger partial charge in [0.2, 0.25) is 0 Å². The second-order valence-corrected chi connectivity index (χ2v) is 5.09. The summed E-state index contributed by atoms with van der Waals surface area (Å²) in [6.07, 6.45) is 0. The molecule has 0 aliphatic heterocycles. The molecule has 0 aromatic carbocycles. The van der Waals surface area contributed by atoms with Crippen LogP contribution in [0.3, 0.4) is 0 Å². The van der Waals surface area contributed by atoms with Gasteiger partial charge in [-0.05, 0) is 19.1 Å². The molecule has 0 saturated heterocycles. The highest BCUT2D eigenvalue weighted by atomic mass is 35.5. The number of anilines is 1. The Morgan fingerprint density at radius 1 is 1.47 bits per heavy atom. The number of carbonyl (C=O) groups excluding carboxylic acids is 1. The number of nitrogens with one attached hydrogen (secondary N) is 2. The van der Waals surface area contributed by atoms with E-state index in [0.29, 0.717) is 12.4 Å². The third-order valence-corrected chi connectivity index (χ3v) is 3.55. The summed E-state index contributed by atoms with van der Waals surface area (Å²) in [7, 11) is 0. The summed E-state index contributed by atoms with van der Waals surface area (Å²) in [4.78, 5) is 20.2. The topological polar surface area (TPSA) is 92.9 Å². The summed E-state index contributed by atoms with van der Waals surface area (Å²) in [5.74, 6) is 5.25. The van der Waals surface area contributed by atoms with Crippen molar-refractivity contribution in [3.05, 3.63) is 38.9 Å². The van der Waals surface area contributed by atoms with Crippen LogP contribution >= 0.6 is 22.9 Å². The molecule has 19 heavy (non-hydrogen) atoms. The predicted molar refractivity (Wildman–Crippen MR) is 75.1 cm³/mol. The third-order valence-electron chi connectivity index (χ3n) is 2.28. The zero-order valence-electron chi connectivity index (χ0n) is 10.1. The molecule has 0 aliphatic carbocycles. The van der Waals surface area contributed by atoms with Crippen molar-refractivity contribution in [3.8, 4) is 0 Å². The van der Waals surface area contributed by atoms with Crippen molar-refractivity contribution in [2.24, 2.45) is 5.84 Å². The number of thiazole rings is 1. The lowest BCUT2D eigenvalue weighted by Crippen LogP contribution is -2.24. The Labute approximate surface area is 119 Å². The maximum atomic E-state index is 12.0. The number of rotatable bonds is 4. The Morgan fingerprint density at radius 3 is 2.89 bits per heavy atom. The molecule has 0 bridgehead atoms. The normalized spacial score (nSPS) is 10.3. The minimum atomic E-state index is -0.366. The summed E-state index contributed by atoms with van der Waals surface area (Å²) in [6, 6.07) is 3.15. The molecule has 0 aliphatic rings. The monoisotopic (exact) mass is 297 g/mol. The molecule has 2 heterocycles. The van der Waals surface area contributed by atoms with Crippen molar-refractivity contribution < 1.29 is 4.79 Å². The quantitative estimate of drug-likeness (QED) is 0.590. The van der Waals surface area contributed by atoms with Gasteiger partial charge < -0.3 is 10.7 Å². The van der Waals surface area contributed by atoms with Crippen LogP contribution in [0.4, 0.5) is 5.82 Å². The zero-order valence-corrected chi connectivity index (χ0v) is 11.7. The number of pyridine rings is 1. The Bertz CT molecular complexity index is 601. The van der Waals surface area contributed by atoms with Crippen molar-refractivity contribution in [3.63, 3.8) is 0 Å². The van der Waals surface area contributed by atoms with E-state index in [1.54, 1.807) is 12.1 Å². The van der Waals surface area contributed by atoms with E-state index in [-0.39, 0.29) is 16.6 Å². The number of halogens is 1. The number of nitrogens with two attached hydrogens (primary N) is 1. The third kappa shape index (κ3) is 3.40. The average molecular weight is 298 g/mol. The molecular weight excluding hydrogens is 286 g/mol. The van der Waals surface area contributed by atoms with Gasteiger partial charge in [0.1, 0.15) is 16.5 Å². The largest absolute Gasteiger partial charge is 0.344 e. The van der Waals surface area contributed by atoms with Crippen LogP contribution in [0, 0.1) is 6.92 Å². The van der Waals surface area contributed by atoms with Crippen LogP contribution in [-0.4, -0.2) is 15.9 Å². The maximum absolute atomic E-state index is 12.0. The summed E-state index contributed by atoms with van der Waals surface area (Å²) < 4.78 is 0. The van der Waals surface area contributed by atoms with Gasteiger partial charge in [-0.3, -0.25) is 4.79 Å². The van der Waals surface area contributed by atoms with E-state index in [1.165, 1.54) is 11.3 Å². The number of amides is 1. The first kappa shape index (κ1) is 13.7. The highest BCUT2D eigenvalue weighted by Gasteiger charge is 2.13. The van der Waals surface area contributed by atoms with E-state index < -0.39 is 0 Å². The number of carbonyl (C=O) groups is 1. The number of aromatic nitrogens is 2. The van der Waals surface area contributed by atoms with Gasteiger partial charge in [0.05, 0.1) is 11.6 Å². The minimum Gasteiger partial charge on any atom is -0.344 e. The number of nitrogen functional groups attached to an aromatic ring is 1. The van der Waals surface area contributed by atoms with Gasteiger partial charge in [0.15, 0.2) is 0 Å². The zero-order chi connectivity index (χ0) is 13.8. The average Bonchev–Trinajstić information content (AvgIpc) is 2.82. The Hall–Kier alpha value is -1.70. The van der Waals surface area contributed by atoms with Crippen LogP contribution < -0.4 is 16.6 Å². The SMILES string of the molecule is Cc1csc(CNC(=O)c2nc(NN)ccc2Cl)n1. The van der Waals surface area contributed by atoms with Crippen molar-refractivity contribution in [1.29, 1.82) is 0 Å². The van der Waals surface area contributed by atoms with Gasteiger partial charge >= 0.3 is 0 Å². The minimum absolute atomic E-state index is 0.130. The highest BCUT2D eigenvalue weighted by Crippen LogP contribution is 2.16. The first-order valence-electron chi connectivity index (χ1n) is 5.42. The molecule has 0 radical (unpaired) electrons. The molecule has 6 nitrogen and oxygen atoms in total. The molecule has 100 valence electrons. The maximum Gasteiger partial charge on any atom is 0.271 e. The fraction of sp³-hybridized carbons (Fsp3) is 0.182. The Kier molecular flexibility index (Phi) is 4.31. The Morgan fingerprint density at radius 2 is 2.26 bits per heavy atom. The van der Waals surface area contributed by atoms with Crippen molar-refractivity contribution in [2.45, 2.75) is 13.5 Å². The first-order chi connectivity index (χ1) is 9.10. The standard InChI is InChI=1S/C11H12ClN5OS/c1-6-5-19-9(15-6)4-14-11(18)10-7(12)2-3-8(16-10)17-13/h2-3,5H,4,13H2,1H3,(H,14,18)(H,16,17). The van der Waals surface area contributed by atoms with Gasteiger partial charge in [-0.15, -0.1) is 11.3 Å². The van der Waals surface area contributed by atoms with Gasteiger partial charge in [-0.25, -0.2) is 15.8 Å². The van der Waals surface area contributed by atoms with Crippen molar-refractivity contribution in [2.75, 3.05) is 5.43 Å². The van der Waals surface area contributed by atoms with Gasteiger partial charge in [-0.2, -0.15) is 0 Å². The molecule has 0 fully saturated rings. The smallest absolute Gasteiger partial charge is 0.271 e. The predicted octanol–water partition coefficient (Wildman–Crippen LogP) is 1.72. The molecule has 0 unspecified atom stereocenters. The van der Waals surface area contributed by atoms with Crippen molar-refractivity contribution in [1.82, 2.24) is 15.3 Å². The van der Waals surface area contributed by atoms with Gasteiger partial charge in [0, 0.05) is 11.1 Å². The number of nitrogens with zero attached hydrogens (tertiary/aromatic N) is 2. The lowest BCUT2D eigenvalue weighted by molar-refractivity contribution is 0.0946. The molecule has 0 saturated carbocycles. The molecule has 8 heteroatoms. The lowest BCUT2D eigenvalue weighted by atomic mass is 10.3. The number of hydrogen-bond donors (Lipinski definition) is 3. The molecule has 2 aromatic heterocycles.